The Bertz CT molecular complexity index is 715. The highest BCUT2D eigenvalue weighted by Crippen LogP contribution is 2.38. The Morgan fingerprint density at radius 1 is 1.17 bits per heavy atom. The van der Waals surface area contributed by atoms with Crippen molar-refractivity contribution in [2.45, 2.75) is 36.0 Å². The van der Waals surface area contributed by atoms with E-state index in [2.05, 4.69) is 6.07 Å². The number of aliphatic hydroxyl groups is 1. The van der Waals surface area contributed by atoms with Crippen LogP contribution < -0.4 is 0 Å². The number of carbonyl (C=O) groups excluding carboxylic acids is 1. The maximum Gasteiger partial charge on any atom is 0.239 e. The van der Waals surface area contributed by atoms with Crippen LogP contribution in [0.15, 0.2) is 59.5 Å². The van der Waals surface area contributed by atoms with Gasteiger partial charge in [-0.25, -0.2) is 0 Å². The molecule has 0 saturated heterocycles. The van der Waals surface area contributed by atoms with E-state index in [-0.39, 0.29) is 18.6 Å². The molecule has 1 N–H and O–H groups in total. The Morgan fingerprint density at radius 2 is 1.83 bits per heavy atom. The van der Waals surface area contributed by atoms with Crippen molar-refractivity contribution in [3.63, 3.8) is 0 Å². The summed E-state index contributed by atoms with van der Waals surface area (Å²) in [4.78, 5) is 16.1. The summed E-state index contributed by atoms with van der Waals surface area (Å²) in [6, 6.07) is 17.8. The molecule has 2 aromatic carbocycles. The van der Waals surface area contributed by atoms with E-state index in [4.69, 9.17) is 0 Å². The van der Waals surface area contributed by atoms with Crippen molar-refractivity contribution in [1.29, 1.82) is 0 Å². The molecule has 3 rings (SSSR count). The predicted molar refractivity (Wildman–Crippen MR) is 98.1 cm³/mol. The average Bonchev–Trinajstić information content (AvgIpc) is 2.60. The average molecular weight is 341 g/mol. The zero-order chi connectivity index (χ0) is 17.2. The van der Waals surface area contributed by atoms with Crippen molar-refractivity contribution >= 4 is 17.7 Å². The summed E-state index contributed by atoms with van der Waals surface area (Å²) in [7, 11) is 0. The molecule has 1 aliphatic rings. The van der Waals surface area contributed by atoms with Gasteiger partial charge in [-0.05, 0) is 43.5 Å². The molecule has 126 valence electrons. The Hall–Kier alpha value is -1.78. The van der Waals surface area contributed by atoms with Gasteiger partial charge in [0.15, 0.2) is 0 Å². The predicted octanol–water partition coefficient (Wildman–Crippen LogP) is 3.68. The lowest BCUT2D eigenvalue weighted by atomic mass is 9.92. The topological polar surface area (TPSA) is 40.5 Å². The van der Waals surface area contributed by atoms with Crippen LogP contribution in [-0.2, 0) is 11.2 Å². The van der Waals surface area contributed by atoms with Crippen molar-refractivity contribution in [3.05, 3.63) is 65.7 Å². The highest BCUT2D eigenvalue weighted by Gasteiger charge is 2.38. The van der Waals surface area contributed by atoms with Crippen LogP contribution in [-0.4, -0.2) is 33.8 Å². The van der Waals surface area contributed by atoms with E-state index in [9.17, 15) is 9.90 Å². The number of fused-ring (bicyclic) bond motifs is 1. The first-order valence-electron chi connectivity index (χ1n) is 8.27. The number of aliphatic hydroxyl groups excluding tert-OH is 1. The van der Waals surface area contributed by atoms with Gasteiger partial charge in [0.25, 0.3) is 0 Å². The highest BCUT2D eigenvalue weighted by molar-refractivity contribution is 8.01. The zero-order valence-corrected chi connectivity index (χ0v) is 14.9. The molecule has 4 heteroatoms. The van der Waals surface area contributed by atoms with Crippen molar-refractivity contribution in [2.75, 3.05) is 13.2 Å². The first kappa shape index (κ1) is 17.1. The Labute approximate surface area is 147 Å². The van der Waals surface area contributed by atoms with Gasteiger partial charge in [-0.15, -0.1) is 11.8 Å². The smallest absolute Gasteiger partial charge is 0.239 e. The van der Waals surface area contributed by atoms with E-state index in [1.807, 2.05) is 67.3 Å². The molecule has 1 aliphatic heterocycles. The molecule has 1 atom stereocenters. The van der Waals surface area contributed by atoms with Crippen molar-refractivity contribution in [2.24, 2.45) is 0 Å². The minimum atomic E-state index is -0.582. The standard InChI is InChI=1S/C20H23NO2S/c1-20(2,24-16-9-4-3-5-10-16)19(23)21-13-12-15-8-6-7-11-17(15)18(21)14-22/h3-11,18,22H,12-14H2,1-2H3/t18-/m1/s1. The molecule has 0 radical (unpaired) electrons. The maximum absolute atomic E-state index is 13.2. The fourth-order valence-corrected chi connectivity index (χ4v) is 4.35. The monoisotopic (exact) mass is 341 g/mol. The molecular formula is C20H23NO2S. The second-order valence-electron chi connectivity index (χ2n) is 6.57. The van der Waals surface area contributed by atoms with E-state index in [1.54, 1.807) is 11.8 Å². The number of benzene rings is 2. The number of thioether (sulfide) groups is 1. The molecule has 0 aliphatic carbocycles. The lowest BCUT2D eigenvalue weighted by Gasteiger charge is -2.40. The second-order valence-corrected chi connectivity index (χ2v) is 8.27. The molecule has 1 amide bonds. The summed E-state index contributed by atoms with van der Waals surface area (Å²) in [6.07, 6.45) is 0.838. The van der Waals surface area contributed by atoms with E-state index < -0.39 is 4.75 Å². The molecule has 0 fully saturated rings. The van der Waals surface area contributed by atoms with E-state index >= 15 is 0 Å². The fourth-order valence-electron chi connectivity index (χ4n) is 3.26. The first-order chi connectivity index (χ1) is 11.5. The normalized spacial score (nSPS) is 17.5. The fraction of sp³-hybridized carbons (Fsp3) is 0.350. The van der Waals surface area contributed by atoms with Gasteiger partial charge in [0.1, 0.15) is 0 Å². The van der Waals surface area contributed by atoms with Crippen LogP contribution >= 0.6 is 11.8 Å². The molecule has 0 aromatic heterocycles. The van der Waals surface area contributed by atoms with Gasteiger partial charge >= 0.3 is 0 Å². The van der Waals surface area contributed by atoms with E-state index in [1.165, 1.54) is 5.56 Å². The molecule has 0 saturated carbocycles. The van der Waals surface area contributed by atoms with Crippen LogP contribution in [0.4, 0.5) is 0 Å². The van der Waals surface area contributed by atoms with Crippen LogP contribution in [0.25, 0.3) is 0 Å². The second kappa shape index (κ2) is 6.99. The number of hydrogen-bond acceptors (Lipinski definition) is 3. The summed E-state index contributed by atoms with van der Waals surface area (Å²) < 4.78 is -0.582. The van der Waals surface area contributed by atoms with Crippen LogP contribution in [0, 0.1) is 0 Å². The van der Waals surface area contributed by atoms with Gasteiger partial charge in [-0.1, -0.05) is 42.5 Å². The SMILES string of the molecule is CC(C)(Sc1ccccc1)C(=O)N1CCc2ccccc2[C@H]1CO. The molecular weight excluding hydrogens is 318 g/mol. The largest absolute Gasteiger partial charge is 0.394 e. The van der Waals surface area contributed by atoms with Crippen LogP contribution in [0.1, 0.15) is 31.0 Å². The Balaban J connectivity index is 1.84. The first-order valence-corrected chi connectivity index (χ1v) is 9.08. The summed E-state index contributed by atoms with van der Waals surface area (Å²) in [6.45, 7) is 4.53. The third-order valence-electron chi connectivity index (χ3n) is 4.48. The Kier molecular flexibility index (Phi) is 4.97. The molecule has 0 spiro atoms. The Morgan fingerprint density at radius 3 is 2.54 bits per heavy atom. The molecule has 24 heavy (non-hydrogen) atoms. The molecule has 3 nitrogen and oxygen atoms in total. The minimum absolute atomic E-state index is 0.0468. The van der Waals surface area contributed by atoms with Crippen LogP contribution in [0.5, 0.6) is 0 Å². The zero-order valence-electron chi connectivity index (χ0n) is 14.1. The minimum Gasteiger partial charge on any atom is -0.394 e. The highest BCUT2D eigenvalue weighted by atomic mass is 32.2. The van der Waals surface area contributed by atoms with Crippen LogP contribution in [0.3, 0.4) is 0 Å². The number of nitrogens with zero attached hydrogens (tertiary/aromatic N) is 1. The molecule has 2 aromatic rings. The van der Waals surface area contributed by atoms with Gasteiger partial charge in [-0.2, -0.15) is 0 Å². The van der Waals surface area contributed by atoms with Gasteiger partial charge in [0.2, 0.25) is 5.91 Å². The number of rotatable bonds is 4. The quantitative estimate of drug-likeness (QED) is 0.863. The summed E-state index contributed by atoms with van der Waals surface area (Å²) in [5, 5.41) is 9.91. The molecule has 0 bridgehead atoms. The van der Waals surface area contributed by atoms with Crippen molar-refractivity contribution in [3.8, 4) is 0 Å². The lowest BCUT2D eigenvalue weighted by Crippen LogP contribution is -2.49. The number of amides is 1. The third-order valence-corrected chi connectivity index (χ3v) is 5.67. The van der Waals surface area contributed by atoms with Gasteiger partial charge in [0.05, 0.1) is 17.4 Å². The summed E-state index contributed by atoms with van der Waals surface area (Å²) in [5.74, 6) is 0.0740. The third kappa shape index (κ3) is 3.35. The maximum atomic E-state index is 13.2. The van der Waals surface area contributed by atoms with Gasteiger partial charge in [-0.3, -0.25) is 4.79 Å². The van der Waals surface area contributed by atoms with Crippen LogP contribution in [0.2, 0.25) is 0 Å². The van der Waals surface area contributed by atoms with Crippen molar-refractivity contribution in [1.82, 2.24) is 4.90 Å². The number of carbonyl (C=O) groups is 1. The van der Waals surface area contributed by atoms with E-state index in [0.29, 0.717) is 6.54 Å². The summed E-state index contributed by atoms with van der Waals surface area (Å²) >= 11 is 1.57. The molecule has 0 unspecified atom stereocenters. The van der Waals surface area contributed by atoms with E-state index in [0.717, 1.165) is 16.9 Å². The molecule has 1 heterocycles. The van der Waals surface area contributed by atoms with Gasteiger partial charge in [0, 0.05) is 11.4 Å². The summed E-state index contributed by atoms with van der Waals surface area (Å²) in [5.41, 5.74) is 2.30. The van der Waals surface area contributed by atoms with Crippen molar-refractivity contribution < 1.29 is 9.90 Å². The number of hydrogen-bond donors (Lipinski definition) is 1. The lowest BCUT2D eigenvalue weighted by molar-refractivity contribution is -0.137. The van der Waals surface area contributed by atoms with Gasteiger partial charge < -0.3 is 10.0 Å².